The Labute approximate surface area is 130 Å². The summed E-state index contributed by atoms with van der Waals surface area (Å²) in [5.74, 6) is 0.721. The first kappa shape index (κ1) is 15.0. The number of carbonyl (C=O) groups is 1. The Balaban J connectivity index is 1.71. The average Bonchev–Trinajstić information content (AvgIpc) is 2.66. The fraction of sp³-hybridized carbons (Fsp3) is 0.667. The van der Waals surface area contributed by atoms with Gasteiger partial charge in [0.15, 0.2) is 0 Å². The van der Waals surface area contributed by atoms with E-state index < -0.39 is 11.9 Å². The van der Waals surface area contributed by atoms with E-state index in [-0.39, 0.29) is 0 Å². The van der Waals surface area contributed by atoms with E-state index in [1.54, 1.807) is 6.07 Å². The lowest BCUT2D eigenvalue weighted by Gasteiger charge is -2.32. The van der Waals surface area contributed by atoms with Crippen molar-refractivity contribution in [3.8, 4) is 0 Å². The van der Waals surface area contributed by atoms with E-state index in [1.165, 1.54) is 25.6 Å². The number of nitrogens with zero attached hydrogens (tertiary/aromatic N) is 4. The van der Waals surface area contributed by atoms with Crippen molar-refractivity contribution in [3.05, 3.63) is 12.4 Å². The van der Waals surface area contributed by atoms with Gasteiger partial charge in [-0.3, -0.25) is 4.79 Å². The predicted molar refractivity (Wildman–Crippen MR) is 83.6 cm³/mol. The highest BCUT2D eigenvalue weighted by Crippen LogP contribution is 2.28. The van der Waals surface area contributed by atoms with Gasteiger partial charge >= 0.3 is 5.97 Å². The lowest BCUT2D eigenvalue weighted by Crippen LogP contribution is -2.38. The van der Waals surface area contributed by atoms with Crippen LogP contribution in [-0.4, -0.2) is 58.7 Å². The first-order valence-electron chi connectivity index (χ1n) is 7.89. The van der Waals surface area contributed by atoms with E-state index in [9.17, 15) is 9.90 Å². The Morgan fingerprint density at radius 2 is 2.14 bits per heavy atom. The number of anilines is 2. The molecule has 7 nitrogen and oxygen atoms in total. The van der Waals surface area contributed by atoms with Crippen LogP contribution in [0.1, 0.15) is 19.3 Å². The van der Waals surface area contributed by atoms with E-state index in [1.807, 2.05) is 4.90 Å². The molecule has 0 amide bonds. The summed E-state index contributed by atoms with van der Waals surface area (Å²) in [7, 11) is 0. The van der Waals surface area contributed by atoms with Crippen LogP contribution in [0.4, 0.5) is 11.6 Å². The third kappa shape index (κ3) is 3.47. The molecule has 1 atom stereocenters. The van der Waals surface area contributed by atoms with Gasteiger partial charge in [0.2, 0.25) is 0 Å². The summed E-state index contributed by atoms with van der Waals surface area (Å²) < 4.78 is 0. The number of hydrogen-bond acceptors (Lipinski definition) is 6. The molecule has 120 valence electrons. The fourth-order valence-corrected chi connectivity index (χ4v) is 3.19. The molecule has 1 aliphatic heterocycles. The summed E-state index contributed by atoms with van der Waals surface area (Å²) in [4.78, 5) is 24.0. The monoisotopic (exact) mass is 305 g/mol. The van der Waals surface area contributed by atoms with Gasteiger partial charge in [-0.25, -0.2) is 9.97 Å². The summed E-state index contributed by atoms with van der Waals surface area (Å²) in [5, 5.41) is 9.49. The third-order valence-electron chi connectivity index (χ3n) is 4.69. The van der Waals surface area contributed by atoms with Crippen molar-refractivity contribution < 1.29 is 9.90 Å². The number of aliphatic carboxylic acids is 1. The standard InChI is InChI=1S/C15H23N5O2/c16-13-6-14(18-10-17-13)20-5-4-19(7-11-2-1-3-11)8-12(9-20)15(21)22/h6,10-12H,1-5,7-9H2,(H,21,22)(H2,16,17,18). The van der Waals surface area contributed by atoms with Crippen LogP contribution in [0.5, 0.6) is 0 Å². The lowest BCUT2D eigenvalue weighted by molar-refractivity contribution is -0.141. The number of hydrogen-bond donors (Lipinski definition) is 2. The van der Waals surface area contributed by atoms with Gasteiger partial charge in [0, 0.05) is 38.8 Å². The second-order valence-electron chi connectivity index (χ2n) is 6.34. The Kier molecular flexibility index (Phi) is 4.42. The zero-order valence-corrected chi connectivity index (χ0v) is 12.7. The molecule has 0 aromatic carbocycles. The van der Waals surface area contributed by atoms with Crippen molar-refractivity contribution in [1.82, 2.24) is 14.9 Å². The van der Waals surface area contributed by atoms with Gasteiger partial charge in [-0.15, -0.1) is 0 Å². The van der Waals surface area contributed by atoms with Crippen molar-refractivity contribution in [1.29, 1.82) is 0 Å². The quantitative estimate of drug-likeness (QED) is 0.844. The van der Waals surface area contributed by atoms with Gasteiger partial charge in [-0.2, -0.15) is 0 Å². The predicted octanol–water partition coefficient (Wildman–Crippen LogP) is 0.682. The molecule has 22 heavy (non-hydrogen) atoms. The van der Waals surface area contributed by atoms with Gasteiger partial charge < -0.3 is 20.6 Å². The number of carboxylic acids is 1. The molecular weight excluding hydrogens is 282 g/mol. The van der Waals surface area contributed by atoms with E-state index in [0.717, 1.165) is 25.6 Å². The summed E-state index contributed by atoms with van der Waals surface area (Å²) in [6.07, 6.45) is 5.30. The highest BCUT2D eigenvalue weighted by atomic mass is 16.4. The maximum absolute atomic E-state index is 11.6. The second-order valence-corrected chi connectivity index (χ2v) is 6.34. The van der Waals surface area contributed by atoms with Crippen LogP contribution in [0.2, 0.25) is 0 Å². The van der Waals surface area contributed by atoms with Crippen molar-refractivity contribution in [2.75, 3.05) is 43.4 Å². The Bertz CT molecular complexity index is 534. The molecule has 1 aliphatic carbocycles. The summed E-state index contributed by atoms with van der Waals surface area (Å²) >= 11 is 0. The lowest BCUT2D eigenvalue weighted by atomic mass is 9.85. The van der Waals surface area contributed by atoms with Gasteiger partial charge in [-0.1, -0.05) is 6.42 Å². The largest absolute Gasteiger partial charge is 0.481 e. The normalized spacial score (nSPS) is 23.8. The maximum Gasteiger partial charge on any atom is 0.309 e. The van der Waals surface area contributed by atoms with Crippen molar-refractivity contribution in [2.45, 2.75) is 19.3 Å². The number of nitrogens with two attached hydrogens (primary N) is 1. The van der Waals surface area contributed by atoms with Crippen molar-refractivity contribution in [2.24, 2.45) is 11.8 Å². The van der Waals surface area contributed by atoms with E-state index in [4.69, 9.17) is 5.73 Å². The molecule has 7 heteroatoms. The van der Waals surface area contributed by atoms with E-state index in [2.05, 4.69) is 14.9 Å². The van der Waals surface area contributed by atoms with Crippen LogP contribution in [0.25, 0.3) is 0 Å². The van der Waals surface area contributed by atoms with E-state index >= 15 is 0 Å². The molecule has 1 saturated carbocycles. The summed E-state index contributed by atoms with van der Waals surface area (Å²) in [6.45, 7) is 3.73. The number of nitrogen functional groups attached to an aromatic ring is 1. The molecule has 1 unspecified atom stereocenters. The molecule has 1 saturated heterocycles. The Morgan fingerprint density at radius 3 is 2.77 bits per heavy atom. The minimum atomic E-state index is -0.743. The molecule has 2 heterocycles. The number of rotatable bonds is 4. The van der Waals surface area contributed by atoms with Crippen LogP contribution in [0.3, 0.4) is 0 Å². The molecule has 3 N–H and O–H groups in total. The third-order valence-corrected chi connectivity index (χ3v) is 4.69. The van der Waals surface area contributed by atoms with Gasteiger partial charge in [0.1, 0.15) is 18.0 Å². The first-order chi connectivity index (χ1) is 10.6. The number of carboxylic acid groups (broad SMARTS) is 1. The summed E-state index contributed by atoms with van der Waals surface area (Å²) in [5.41, 5.74) is 5.71. The van der Waals surface area contributed by atoms with Crippen LogP contribution < -0.4 is 10.6 Å². The average molecular weight is 305 g/mol. The highest BCUT2D eigenvalue weighted by molar-refractivity contribution is 5.71. The van der Waals surface area contributed by atoms with Crippen LogP contribution in [0.15, 0.2) is 12.4 Å². The molecule has 2 fully saturated rings. The van der Waals surface area contributed by atoms with Gasteiger partial charge in [0.05, 0.1) is 5.92 Å². The molecule has 0 spiro atoms. The zero-order valence-electron chi connectivity index (χ0n) is 12.7. The highest BCUT2D eigenvalue weighted by Gasteiger charge is 2.30. The van der Waals surface area contributed by atoms with Crippen LogP contribution in [-0.2, 0) is 4.79 Å². The Morgan fingerprint density at radius 1 is 1.32 bits per heavy atom. The topological polar surface area (TPSA) is 95.6 Å². The van der Waals surface area contributed by atoms with E-state index in [0.29, 0.717) is 24.7 Å². The minimum Gasteiger partial charge on any atom is -0.481 e. The molecule has 3 rings (SSSR count). The van der Waals surface area contributed by atoms with Gasteiger partial charge in [0.25, 0.3) is 0 Å². The fourth-order valence-electron chi connectivity index (χ4n) is 3.19. The number of aromatic nitrogens is 2. The molecular formula is C15H23N5O2. The Hall–Kier alpha value is -1.89. The minimum absolute atomic E-state index is 0.404. The molecule has 0 radical (unpaired) electrons. The summed E-state index contributed by atoms with van der Waals surface area (Å²) in [6, 6.07) is 1.71. The maximum atomic E-state index is 11.6. The SMILES string of the molecule is Nc1cc(N2CCN(CC3CCC3)CC(C(=O)O)C2)ncn1. The zero-order chi connectivity index (χ0) is 15.5. The second kappa shape index (κ2) is 6.48. The van der Waals surface area contributed by atoms with Crippen molar-refractivity contribution >= 4 is 17.6 Å². The smallest absolute Gasteiger partial charge is 0.309 e. The van der Waals surface area contributed by atoms with Crippen LogP contribution >= 0.6 is 0 Å². The van der Waals surface area contributed by atoms with Crippen molar-refractivity contribution in [3.63, 3.8) is 0 Å². The molecule has 2 aliphatic rings. The first-order valence-corrected chi connectivity index (χ1v) is 7.89. The molecule has 0 bridgehead atoms. The molecule has 1 aromatic rings. The molecule has 1 aromatic heterocycles. The van der Waals surface area contributed by atoms with Gasteiger partial charge in [-0.05, 0) is 18.8 Å². The van der Waals surface area contributed by atoms with Crippen LogP contribution in [0, 0.1) is 11.8 Å².